The number of H-pyrrole nitrogens is 2. The second-order valence-electron chi connectivity index (χ2n) is 17.5. The lowest BCUT2D eigenvalue weighted by molar-refractivity contribution is -0.136. The number of carbonyl (C=O) groups is 9. The number of carbonyl (C=O) groups excluding carboxylic acids is 9. The molecule has 24 heteroatoms. The molecule has 1 aliphatic rings. The van der Waals surface area contributed by atoms with E-state index in [0.717, 1.165) is 10.9 Å². The summed E-state index contributed by atoms with van der Waals surface area (Å²) in [6.45, 7) is 2.91. The van der Waals surface area contributed by atoms with Crippen LogP contribution >= 0.6 is 0 Å². The van der Waals surface area contributed by atoms with Crippen molar-refractivity contribution >= 4 is 70.0 Å². The van der Waals surface area contributed by atoms with E-state index in [1.54, 1.807) is 42.6 Å². The molecule has 4 aromatic rings. The number of para-hydroxylation sites is 1. The van der Waals surface area contributed by atoms with Gasteiger partial charge in [0.25, 0.3) is 0 Å². The number of benzene rings is 2. The van der Waals surface area contributed by atoms with Crippen LogP contribution in [0.15, 0.2) is 78.3 Å². The Morgan fingerprint density at radius 1 is 0.764 bits per heavy atom. The number of unbranched alkanes of at least 4 members (excludes halogenated alkanes) is 1. The molecule has 9 amide bonds. The van der Waals surface area contributed by atoms with Gasteiger partial charge in [-0.1, -0.05) is 68.3 Å². The van der Waals surface area contributed by atoms with E-state index in [1.807, 2.05) is 25.1 Å². The van der Waals surface area contributed by atoms with Crippen molar-refractivity contribution in [3.63, 3.8) is 0 Å². The lowest BCUT2D eigenvalue weighted by Gasteiger charge is -2.28. The number of fused-ring (bicyclic) bond motifs is 1. The number of aromatic amines is 2. The summed E-state index contributed by atoms with van der Waals surface area (Å²) >= 11 is 0. The van der Waals surface area contributed by atoms with Gasteiger partial charge in [0.05, 0.1) is 12.7 Å². The number of imidazole rings is 1. The molecule has 0 aliphatic carbocycles. The van der Waals surface area contributed by atoms with Crippen LogP contribution in [0.4, 0.5) is 0 Å². The molecule has 0 bridgehead atoms. The maximum absolute atomic E-state index is 14.6. The molecule has 386 valence electrons. The Kier molecular flexibility index (Phi) is 20.6. The molecule has 2 aromatic carbocycles. The van der Waals surface area contributed by atoms with E-state index in [-0.39, 0.29) is 64.0 Å². The van der Waals surface area contributed by atoms with E-state index >= 15 is 0 Å². The third-order valence-electron chi connectivity index (χ3n) is 11.8. The molecule has 5 rings (SSSR count). The molecular weight excluding hydrogens is 931 g/mol. The zero-order valence-electron chi connectivity index (χ0n) is 40.3. The van der Waals surface area contributed by atoms with Crippen molar-refractivity contribution in [1.82, 2.24) is 57.5 Å². The Balaban J connectivity index is 1.57. The number of aliphatic imine (C=N–C) groups is 1. The smallest absolute Gasteiger partial charge is 0.243 e. The van der Waals surface area contributed by atoms with Crippen molar-refractivity contribution < 1.29 is 43.2 Å². The van der Waals surface area contributed by atoms with Gasteiger partial charge in [-0.2, -0.15) is 0 Å². The summed E-state index contributed by atoms with van der Waals surface area (Å²) in [6.07, 6.45) is 4.63. The molecule has 0 radical (unpaired) electrons. The number of hydrogen-bond donors (Lipinski definition) is 13. The van der Waals surface area contributed by atoms with Crippen molar-refractivity contribution in [3.05, 3.63) is 90.1 Å². The van der Waals surface area contributed by atoms with Gasteiger partial charge in [0, 0.05) is 68.3 Å². The lowest BCUT2D eigenvalue weighted by Crippen LogP contribution is -2.61. The van der Waals surface area contributed by atoms with Gasteiger partial charge < -0.3 is 69.7 Å². The lowest BCUT2D eigenvalue weighted by atomic mass is 10.0. The molecule has 24 nitrogen and oxygen atoms in total. The van der Waals surface area contributed by atoms with Crippen LogP contribution in [-0.4, -0.2) is 129 Å². The number of guanidine groups is 1. The fourth-order valence-corrected chi connectivity index (χ4v) is 8.05. The summed E-state index contributed by atoms with van der Waals surface area (Å²) in [5.74, 6) is -7.55. The average molecular weight is 996 g/mol. The first-order valence-electron chi connectivity index (χ1n) is 23.8. The maximum Gasteiger partial charge on any atom is 0.243 e. The number of nitrogens with two attached hydrogens (primary N) is 3. The third kappa shape index (κ3) is 17.0. The highest BCUT2D eigenvalue weighted by Gasteiger charge is 2.35. The van der Waals surface area contributed by atoms with Crippen LogP contribution in [0.3, 0.4) is 0 Å². The summed E-state index contributed by atoms with van der Waals surface area (Å²) in [5, 5.41) is 22.0. The molecule has 0 saturated carbocycles. The van der Waals surface area contributed by atoms with Crippen LogP contribution in [0.2, 0.25) is 0 Å². The van der Waals surface area contributed by atoms with E-state index in [1.165, 1.54) is 19.4 Å². The molecule has 2 aromatic heterocycles. The van der Waals surface area contributed by atoms with Crippen LogP contribution in [0.1, 0.15) is 75.6 Å². The highest BCUT2D eigenvalue weighted by atomic mass is 16.2. The monoisotopic (exact) mass is 996 g/mol. The fraction of sp³-hybridized carbons (Fsp3) is 0.438. The van der Waals surface area contributed by atoms with Gasteiger partial charge in [0.15, 0.2) is 5.96 Å². The second kappa shape index (κ2) is 27.2. The topological polar surface area (TPSA) is 385 Å². The minimum atomic E-state index is -1.64. The van der Waals surface area contributed by atoms with Crippen molar-refractivity contribution in [2.24, 2.45) is 22.2 Å². The molecular formula is C48H65N15O9. The first-order valence-corrected chi connectivity index (χ1v) is 23.8. The van der Waals surface area contributed by atoms with Gasteiger partial charge in [-0.3, -0.25) is 48.1 Å². The number of nitrogens with zero attached hydrogens (tertiary/aromatic N) is 2. The van der Waals surface area contributed by atoms with E-state index in [4.69, 9.17) is 17.2 Å². The SMILES string of the molecule is CCCC[C@H](NC(C)=O)C(=O)N[C@@H]1CC(=O)NCC[C@@H](C(N)=O)NC(=O)[C@H](Cc2c[nH]c3ccccc23)NC(=O)[C@@H](CCCN=C(N)N)NC(=O)[C@@H](Cc2ccccc2)NC(=O)[C@@H](Cc2cnc[nH]2)NC1=O. The highest BCUT2D eigenvalue weighted by Crippen LogP contribution is 2.20. The molecule has 1 saturated heterocycles. The minimum absolute atomic E-state index is 0.0573. The standard InChI is InChI=1S/C48H65N15O9/c1-3-4-14-34(57-27(2)64)42(67)63-39-23-40(65)53-19-17-33(41(49)66)58-45(70)37(21-29-24-55-32-15-9-8-13-31(29)32)61-43(68)35(16-10-18-54-48(50)51)59-44(69)36(20-28-11-6-5-7-12-28)60-46(71)38(62-47(39)72)22-30-25-52-26-56-30/h5-9,11-13,15,24-26,33-39,55H,3-4,10,14,16-23H2,1-2H3,(H2,49,66)(H,52,56)(H,53,65)(H,57,64)(H,58,70)(H,59,69)(H,60,71)(H,61,68)(H,62,72)(H,63,67)(H4,50,51,54)/t33-,34-,35+,36+,37-,38+,39+/m0/s1. The third-order valence-corrected chi connectivity index (χ3v) is 11.8. The molecule has 3 heterocycles. The van der Waals surface area contributed by atoms with Crippen LogP contribution in [0, 0.1) is 0 Å². The first-order chi connectivity index (χ1) is 34.5. The van der Waals surface area contributed by atoms with E-state index in [9.17, 15) is 43.2 Å². The number of primary amides is 1. The molecule has 7 atom stereocenters. The van der Waals surface area contributed by atoms with Gasteiger partial charge in [-0.25, -0.2) is 4.98 Å². The summed E-state index contributed by atoms with van der Waals surface area (Å²) in [5.41, 5.74) is 19.3. The number of aromatic nitrogens is 3. The Hall–Kier alpha value is -8.31. The van der Waals surface area contributed by atoms with Crippen LogP contribution in [-0.2, 0) is 62.4 Å². The number of amides is 9. The minimum Gasteiger partial charge on any atom is -0.370 e. The van der Waals surface area contributed by atoms with Crippen LogP contribution in [0.5, 0.6) is 0 Å². The zero-order valence-corrected chi connectivity index (χ0v) is 40.3. The predicted octanol–water partition coefficient (Wildman–Crippen LogP) is -2.03. The summed E-state index contributed by atoms with van der Waals surface area (Å²) in [7, 11) is 0. The zero-order chi connectivity index (χ0) is 52.2. The molecule has 1 aliphatic heterocycles. The second-order valence-corrected chi connectivity index (χ2v) is 17.5. The summed E-state index contributed by atoms with van der Waals surface area (Å²) in [6, 6.07) is 6.23. The first kappa shape index (κ1) is 54.6. The predicted molar refractivity (Wildman–Crippen MR) is 265 cm³/mol. The van der Waals surface area contributed by atoms with E-state index in [2.05, 4.69) is 62.5 Å². The average Bonchev–Trinajstić information content (AvgIpc) is 4.02. The Bertz CT molecular complexity index is 2550. The Morgan fingerprint density at radius 3 is 2.07 bits per heavy atom. The van der Waals surface area contributed by atoms with E-state index < -0.39 is 102 Å². The van der Waals surface area contributed by atoms with Crippen molar-refractivity contribution in [1.29, 1.82) is 0 Å². The highest BCUT2D eigenvalue weighted by molar-refractivity contribution is 5.99. The number of rotatable bonds is 17. The molecule has 72 heavy (non-hydrogen) atoms. The van der Waals surface area contributed by atoms with Crippen LogP contribution < -0.4 is 59.7 Å². The van der Waals surface area contributed by atoms with Crippen LogP contribution in [0.25, 0.3) is 10.9 Å². The van der Waals surface area contributed by atoms with Gasteiger partial charge in [-0.05, 0) is 42.9 Å². The summed E-state index contributed by atoms with van der Waals surface area (Å²) in [4.78, 5) is 139. The van der Waals surface area contributed by atoms with E-state index in [0.29, 0.717) is 29.7 Å². The van der Waals surface area contributed by atoms with Gasteiger partial charge in [-0.15, -0.1) is 0 Å². The van der Waals surface area contributed by atoms with Crippen molar-refractivity contribution in [2.75, 3.05) is 13.1 Å². The van der Waals surface area contributed by atoms with Gasteiger partial charge in [0.1, 0.15) is 42.3 Å². The molecule has 16 N–H and O–H groups in total. The van der Waals surface area contributed by atoms with Gasteiger partial charge in [0.2, 0.25) is 53.2 Å². The normalized spacial score (nSPS) is 21.2. The summed E-state index contributed by atoms with van der Waals surface area (Å²) < 4.78 is 0. The quantitative estimate of drug-likeness (QED) is 0.0310. The molecule has 1 fully saturated rings. The van der Waals surface area contributed by atoms with Crippen molar-refractivity contribution in [2.45, 2.75) is 120 Å². The fourth-order valence-electron chi connectivity index (χ4n) is 8.05. The van der Waals surface area contributed by atoms with Crippen molar-refractivity contribution in [3.8, 4) is 0 Å². The molecule has 0 unspecified atom stereocenters. The molecule has 0 spiro atoms. The number of hydrogen-bond acceptors (Lipinski definition) is 11. The number of nitrogens with one attached hydrogen (secondary N) is 10. The Labute approximate surface area is 415 Å². The maximum atomic E-state index is 14.6. The largest absolute Gasteiger partial charge is 0.370 e. The Morgan fingerprint density at radius 2 is 1.40 bits per heavy atom. The van der Waals surface area contributed by atoms with Gasteiger partial charge >= 0.3 is 0 Å².